The second-order valence-corrected chi connectivity index (χ2v) is 5.24. The topological polar surface area (TPSA) is 78.2 Å². The molecule has 1 aliphatic rings. The van der Waals surface area contributed by atoms with E-state index in [0.717, 1.165) is 29.6 Å². The van der Waals surface area contributed by atoms with Gasteiger partial charge >= 0.3 is 5.69 Å². The molecule has 0 unspecified atom stereocenters. The number of hydrogen-bond acceptors (Lipinski definition) is 4. The van der Waals surface area contributed by atoms with E-state index in [1.54, 1.807) is 10.8 Å². The highest BCUT2D eigenvalue weighted by Crippen LogP contribution is 2.36. The summed E-state index contributed by atoms with van der Waals surface area (Å²) >= 11 is 0. The van der Waals surface area contributed by atoms with Crippen molar-refractivity contribution >= 4 is 17.4 Å². The second-order valence-electron chi connectivity index (χ2n) is 5.24. The number of hydrogen-bond donors (Lipinski definition) is 1. The van der Waals surface area contributed by atoms with E-state index >= 15 is 0 Å². The van der Waals surface area contributed by atoms with Crippen molar-refractivity contribution in [3.63, 3.8) is 0 Å². The quantitative estimate of drug-likeness (QED) is 0.514. The molecule has 2 aromatic rings. The summed E-state index contributed by atoms with van der Waals surface area (Å²) in [7, 11) is 0. The Morgan fingerprint density at radius 3 is 2.84 bits per heavy atom. The zero-order chi connectivity index (χ0) is 13.6. The number of nitrogens with two attached hydrogens (primary N) is 1. The Morgan fingerprint density at radius 2 is 2.26 bits per heavy atom. The molecule has 0 spiro atoms. The highest BCUT2D eigenvalue weighted by molar-refractivity contribution is 5.85. The monoisotopic (exact) mass is 259 g/mol. The molecule has 0 radical (unpaired) electrons. The summed E-state index contributed by atoms with van der Waals surface area (Å²) in [6, 6.07) is 2.33. The molecule has 0 atom stereocenters. The molecule has 100 valence electrons. The fraction of sp³-hybridized carbons (Fsp3) is 0.462. The number of nitrogens with zero attached hydrogens (tertiary/aromatic N) is 4. The van der Waals surface area contributed by atoms with Crippen LogP contribution in [-0.4, -0.2) is 20.3 Å². The standard InChI is InChI=1S/C13H17N5O/c1-8(2)17-11-5-9(7-16-14)6-15-12(11)18(13(17)19)10-3-4-10/h5-8,10H,3-4,14H2,1-2H3. The maximum absolute atomic E-state index is 12.5. The summed E-state index contributed by atoms with van der Waals surface area (Å²) in [6.07, 6.45) is 5.35. The Hall–Kier alpha value is -2.11. The normalized spacial score (nSPS) is 15.9. The van der Waals surface area contributed by atoms with Gasteiger partial charge in [-0.1, -0.05) is 0 Å². The Balaban J connectivity index is 2.33. The largest absolute Gasteiger partial charge is 0.330 e. The van der Waals surface area contributed by atoms with Crippen LogP contribution in [-0.2, 0) is 0 Å². The summed E-state index contributed by atoms with van der Waals surface area (Å²) in [4.78, 5) is 16.9. The first kappa shape index (κ1) is 12.0. The molecule has 19 heavy (non-hydrogen) atoms. The Bertz CT molecular complexity index is 706. The predicted molar refractivity (Wildman–Crippen MR) is 74.4 cm³/mol. The molecule has 2 N–H and O–H groups in total. The van der Waals surface area contributed by atoms with E-state index in [1.165, 1.54) is 6.21 Å². The van der Waals surface area contributed by atoms with Gasteiger partial charge in [0.2, 0.25) is 0 Å². The van der Waals surface area contributed by atoms with Gasteiger partial charge < -0.3 is 5.84 Å². The lowest BCUT2D eigenvalue weighted by molar-refractivity contribution is 0.568. The Morgan fingerprint density at radius 1 is 1.53 bits per heavy atom. The van der Waals surface area contributed by atoms with Gasteiger partial charge in [-0.2, -0.15) is 5.10 Å². The van der Waals surface area contributed by atoms with Gasteiger partial charge in [-0.3, -0.25) is 9.13 Å². The van der Waals surface area contributed by atoms with E-state index in [2.05, 4.69) is 10.1 Å². The molecule has 6 nitrogen and oxygen atoms in total. The van der Waals surface area contributed by atoms with Crippen molar-refractivity contribution in [2.75, 3.05) is 0 Å². The van der Waals surface area contributed by atoms with Crippen molar-refractivity contribution in [3.05, 3.63) is 28.3 Å². The fourth-order valence-electron chi connectivity index (χ4n) is 2.45. The van der Waals surface area contributed by atoms with Gasteiger partial charge in [-0.15, -0.1) is 0 Å². The minimum atomic E-state index is 0.0295. The maximum atomic E-state index is 12.5. The van der Waals surface area contributed by atoms with Gasteiger partial charge in [0, 0.05) is 23.8 Å². The van der Waals surface area contributed by atoms with Crippen molar-refractivity contribution < 1.29 is 0 Å². The summed E-state index contributed by atoms with van der Waals surface area (Å²) in [5, 5.41) is 3.50. The Labute approximate surface area is 110 Å². The smallest absolute Gasteiger partial charge is 0.323 e. The molecule has 1 fully saturated rings. The van der Waals surface area contributed by atoms with Crippen LogP contribution in [0.1, 0.15) is 44.3 Å². The number of fused-ring (bicyclic) bond motifs is 1. The summed E-state index contributed by atoms with van der Waals surface area (Å²) in [6.45, 7) is 4.00. The zero-order valence-electron chi connectivity index (χ0n) is 11.1. The summed E-state index contributed by atoms with van der Waals surface area (Å²) in [5.74, 6) is 5.16. The lowest BCUT2D eigenvalue weighted by Crippen LogP contribution is -2.25. The number of imidazole rings is 1. The minimum absolute atomic E-state index is 0.0295. The molecule has 6 heteroatoms. The van der Waals surface area contributed by atoms with Crippen molar-refractivity contribution in [1.29, 1.82) is 0 Å². The van der Waals surface area contributed by atoms with Crippen LogP contribution in [0, 0.1) is 0 Å². The average Bonchev–Trinajstić information content (AvgIpc) is 3.13. The van der Waals surface area contributed by atoms with Gasteiger partial charge in [0.15, 0.2) is 5.65 Å². The molecular formula is C13H17N5O. The number of pyridine rings is 1. The summed E-state index contributed by atoms with van der Waals surface area (Å²) < 4.78 is 3.60. The van der Waals surface area contributed by atoms with Crippen LogP contribution in [0.15, 0.2) is 22.2 Å². The number of rotatable bonds is 3. The van der Waals surface area contributed by atoms with E-state index < -0.39 is 0 Å². The van der Waals surface area contributed by atoms with Gasteiger partial charge in [-0.05, 0) is 32.8 Å². The summed E-state index contributed by atoms with van der Waals surface area (Å²) in [5.41, 5.74) is 2.44. The number of aromatic nitrogens is 3. The lowest BCUT2D eigenvalue weighted by Gasteiger charge is -2.06. The molecule has 0 saturated heterocycles. The minimum Gasteiger partial charge on any atom is -0.323 e. The van der Waals surface area contributed by atoms with Crippen molar-refractivity contribution in [3.8, 4) is 0 Å². The molecule has 0 amide bonds. The van der Waals surface area contributed by atoms with Crippen molar-refractivity contribution in [2.24, 2.45) is 10.9 Å². The zero-order valence-corrected chi connectivity index (χ0v) is 11.1. The fourth-order valence-corrected chi connectivity index (χ4v) is 2.45. The second kappa shape index (κ2) is 4.22. The molecule has 1 aliphatic carbocycles. The van der Waals surface area contributed by atoms with Crippen LogP contribution in [0.5, 0.6) is 0 Å². The molecule has 3 rings (SSSR count). The van der Waals surface area contributed by atoms with Crippen LogP contribution in [0.25, 0.3) is 11.2 Å². The molecule has 2 aromatic heterocycles. The number of hydrazone groups is 1. The average molecular weight is 259 g/mol. The third-order valence-corrected chi connectivity index (χ3v) is 3.42. The van der Waals surface area contributed by atoms with Crippen LogP contribution in [0.2, 0.25) is 0 Å². The predicted octanol–water partition coefficient (Wildman–Crippen LogP) is 1.41. The van der Waals surface area contributed by atoms with Crippen LogP contribution >= 0.6 is 0 Å². The maximum Gasteiger partial charge on any atom is 0.330 e. The first-order valence-electron chi connectivity index (χ1n) is 6.49. The first-order chi connectivity index (χ1) is 9.13. The third-order valence-electron chi connectivity index (χ3n) is 3.42. The molecule has 2 heterocycles. The molecular weight excluding hydrogens is 242 g/mol. The van der Waals surface area contributed by atoms with Gasteiger partial charge in [-0.25, -0.2) is 9.78 Å². The van der Waals surface area contributed by atoms with Crippen molar-refractivity contribution in [1.82, 2.24) is 14.1 Å². The van der Waals surface area contributed by atoms with E-state index in [0.29, 0.717) is 6.04 Å². The van der Waals surface area contributed by atoms with Gasteiger partial charge in [0.1, 0.15) is 0 Å². The van der Waals surface area contributed by atoms with E-state index in [-0.39, 0.29) is 11.7 Å². The highest BCUT2D eigenvalue weighted by atomic mass is 16.2. The van der Waals surface area contributed by atoms with Crippen LogP contribution in [0.4, 0.5) is 0 Å². The molecule has 0 bridgehead atoms. The van der Waals surface area contributed by atoms with E-state index in [9.17, 15) is 4.79 Å². The third kappa shape index (κ3) is 1.83. The Kier molecular flexibility index (Phi) is 2.66. The highest BCUT2D eigenvalue weighted by Gasteiger charge is 2.30. The van der Waals surface area contributed by atoms with Gasteiger partial charge in [0.05, 0.1) is 11.7 Å². The van der Waals surface area contributed by atoms with Gasteiger partial charge in [0.25, 0.3) is 0 Å². The van der Waals surface area contributed by atoms with Crippen LogP contribution in [0.3, 0.4) is 0 Å². The van der Waals surface area contributed by atoms with E-state index in [4.69, 9.17) is 5.84 Å². The molecule has 1 saturated carbocycles. The van der Waals surface area contributed by atoms with E-state index in [1.807, 2.05) is 24.5 Å². The molecule has 0 aliphatic heterocycles. The lowest BCUT2D eigenvalue weighted by atomic mass is 10.2. The molecule has 0 aromatic carbocycles. The van der Waals surface area contributed by atoms with Crippen LogP contribution < -0.4 is 11.5 Å². The SMILES string of the molecule is CC(C)n1c(=O)n(C2CC2)c2ncc(C=NN)cc21. The van der Waals surface area contributed by atoms with Crippen molar-refractivity contribution in [2.45, 2.75) is 38.8 Å². The first-order valence-corrected chi connectivity index (χ1v) is 6.49.